The first-order chi connectivity index (χ1) is 9.15. The minimum atomic E-state index is 0.0824. The summed E-state index contributed by atoms with van der Waals surface area (Å²) in [6.07, 6.45) is 7.07. The smallest absolute Gasteiger partial charge is 0.164 e. The number of aromatic nitrogens is 1. The molecule has 1 aliphatic heterocycles. The Balaban J connectivity index is 1.90. The molecule has 0 saturated carbocycles. The Morgan fingerprint density at radius 2 is 2.37 bits per heavy atom. The Bertz CT molecular complexity index is 425. The van der Waals surface area contributed by atoms with Crippen LogP contribution < -0.4 is 4.74 Å². The highest BCUT2D eigenvalue weighted by Crippen LogP contribution is 2.19. The zero-order valence-corrected chi connectivity index (χ0v) is 11.6. The van der Waals surface area contributed by atoms with Gasteiger partial charge in [-0.25, -0.2) is 0 Å². The minimum absolute atomic E-state index is 0.0824. The number of nitrogens with zero attached hydrogens (tertiary/aromatic N) is 1. The topological polar surface area (TPSA) is 48.4 Å². The summed E-state index contributed by atoms with van der Waals surface area (Å²) in [5.41, 5.74) is 0.621. The molecule has 1 aromatic heterocycles. The zero-order valence-electron chi connectivity index (χ0n) is 11.6. The van der Waals surface area contributed by atoms with Gasteiger partial charge in [0.1, 0.15) is 5.75 Å². The van der Waals surface area contributed by atoms with E-state index in [4.69, 9.17) is 9.47 Å². The van der Waals surface area contributed by atoms with Crippen LogP contribution in [0.5, 0.6) is 5.75 Å². The van der Waals surface area contributed by atoms with E-state index in [0.717, 1.165) is 25.9 Å². The summed E-state index contributed by atoms with van der Waals surface area (Å²) in [7, 11) is 0. The van der Waals surface area contributed by atoms with Gasteiger partial charge >= 0.3 is 0 Å². The molecular weight excluding hydrogens is 242 g/mol. The maximum absolute atomic E-state index is 12.1. The molecule has 1 aromatic rings. The van der Waals surface area contributed by atoms with E-state index in [-0.39, 0.29) is 18.0 Å². The van der Waals surface area contributed by atoms with Gasteiger partial charge in [0.05, 0.1) is 18.4 Å². The second-order valence-corrected chi connectivity index (χ2v) is 5.17. The van der Waals surface area contributed by atoms with Crippen LogP contribution in [0.1, 0.15) is 49.9 Å². The molecule has 1 atom stereocenters. The summed E-state index contributed by atoms with van der Waals surface area (Å²) in [6.45, 7) is 4.73. The van der Waals surface area contributed by atoms with Crippen molar-refractivity contribution in [3.8, 4) is 5.75 Å². The highest BCUT2D eigenvalue weighted by atomic mass is 16.5. The normalized spacial score (nSPS) is 18.8. The van der Waals surface area contributed by atoms with Crippen LogP contribution in [-0.2, 0) is 4.74 Å². The number of carbonyl (C=O) groups excluding carboxylic acids is 1. The molecule has 104 valence electrons. The third-order valence-electron chi connectivity index (χ3n) is 3.12. The van der Waals surface area contributed by atoms with Crippen LogP contribution in [0, 0.1) is 0 Å². The van der Waals surface area contributed by atoms with E-state index in [9.17, 15) is 4.79 Å². The predicted octanol–water partition coefficient (Wildman–Crippen LogP) is 3.01. The Labute approximate surface area is 114 Å². The number of carbonyl (C=O) groups is 1. The van der Waals surface area contributed by atoms with Crippen molar-refractivity contribution in [2.75, 3.05) is 6.61 Å². The lowest BCUT2D eigenvalue weighted by Crippen LogP contribution is -2.10. The number of hydrogen-bond donors (Lipinski definition) is 0. The van der Waals surface area contributed by atoms with E-state index >= 15 is 0 Å². The fraction of sp³-hybridized carbons (Fsp3) is 0.600. The summed E-state index contributed by atoms with van der Waals surface area (Å²) in [5, 5.41) is 0. The molecule has 1 unspecified atom stereocenters. The molecule has 4 heteroatoms. The molecule has 0 bridgehead atoms. The average Bonchev–Trinajstić information content (AvgIpc) is 2.88. The van der Waals surface area contributed by atoms with E-state index in [2.05, 4.69) is 4.98 Å². The first-order valence-corrected chi connectivity index (χ1v) is 6.91. The van der Waals surface area contributed by atoms with Gasteiger partial charge in [-0.05, 0) is 39.2 Å². The number of ketones is 1. The molecular formula is C15H21NO3. The van der Waals surface area contributed by atoms with Crippen molar-refractivity contribution in [3.63, 3.8) is 0 Å². The van der Waals surface area contributed by atoms with Crippen LogP contribution in [0.2, 0.25) is 0 Å². The summed E-state index contributed by atoms with van der Waals surface area (Å²) < 4.78 is 11.1. The number of Topliss-reactive ketones (excluding diaryl/α,β-unsaturated/α-hetero) is 1. The van der Waals surface area contributed by atoms with Crippen molar-refractivity contribution in [2.45, 2.75) is 51.7 Å². The molecule has 0 aromatic carbocycles. The van der Waals surface area contributed by atoms with Crippen molar-refractivity contribution in [1.82, 2.24) is 4.98 Å². The fourth-order valence-corrected chi connectivity index (χ4v) is 2.22. The Morgan fingerprint density at radius 1 is 1.53 bits per heavy atom. The van der Waals surface area contributed by atoms with Crippen molar-refractivity contribution in [1.29, 1.82) is 0 Å². The van der Waals surface area contributed by atoms with E-state index in [0.29, 0.717) is 17.7 Å². The van der Waals surface area contributed by atoms with Crippen molar-refractivity contribution < 1.29 is 14.3 Å². The van der Waals surface area contributed by atoms with Gasteiger partial charge in [-0.15, -0.1) is 0 Å². The van der Waals surface area contributed by atoms with Gasteiger partial charge in [0.15, 0.2) is 5.78 Å². The highest BCUT2D eigenvalue weighted by molar-refractivity contribution is 5.96. The molecule has 19 heavy (non-hydrogen) atoms. The number of pyridine rings is 1. The Hall–Kier alpha value is -1.42. The Kier molecular flexibility index (Phi) is 4.91. The van der Waals surface area contributed by atoms with Gasteiger partial charge in [-0.1, -0.05) is 0 Å². The summed E-state index contributed by atoms with van der Waals surface area (Å²) in [6, 6.07) is 1.77. The largest absolute Gasteiger partial charge is 0.489 e. The van der Waals surface area contributed by atoms with Crippen LogP contribution in [0.4, 0.5) is 0 Å². The summed E-state index contributed by atoms with van der Waals surface area (Å²) in [4.78, 5) is 16.1. The van der Waals surface area contributed by atoms with Gasteiger partial charge in [0.2, 0.25) is 0 Å². The lowest BCUT2D eigenvalue weighted by molar-refractivity contribution is 0.0858. The quantitative estimate of drug-likeness (QED) is 0.740. The van der Waals surface area contributed by atoms with Gasteiger partial charge < -0.3 is 9.47 Å². The average molecular weight is 263 g/mol. The van der Waals surface area contributed by atoms with E-state index < -0.39 is 0 Å². The molecule has 2 heterocycles. The molecule has 0 radical (unpaired) electrons. The molecule has 1 saturated heterocycles. The minimum Gasteiger partial charge on any atom is -0.489 e. The summed E-state index contributed by atoms with van der Waals surface area (Å²) in [5.74, 6) is 0.759. The first-order valence-electron chi connectivity index (χ1n) is 6.91. The molecule has 0 amide bonds. The SMILES string of the molecule is CC(C)Oc1cncc(C(=O)CCC2CCCO2)c1. The summed E-state index contributed by atoms with van der Waals surface area (Å²) >= 11 is 0. The van der Waals surface area contributed by atoms with E-state index in [1.54, 1.807) is 18.5 Å². The van der Waals surface area contributed by atoms with Crippen LogP contribution in [0.15, 0.2) is 18.5 Å². The molecule has 1 aliphatic rings. The third-order valence-corrected chi connectivity index (χ3v) is 3.12. The molecule has 0 aliphatic carbocycles. The Morgan fingerprint density at radius 3 is 3.05 bits per heavy atom. The zero-order chi connectivity index (χ0) is 13.7. The van der Waals surface area contributed by atoms with Crippen molar-refractivity contribution in [3.05, 3.63) is 24.0 Å². The maximum atomic E-state index is 12.1. The van der Waals surface area contributed by atoms with Crippen LogP contribution in [0.3, 0.4) is 0 Å². The van der Waals surface area contributed by atoms with Crippen LogP contribution >= 0.6 is 0 Å². The van der Waals surface area contributed by atoms with Gasteiger partial charge in [-0.3, -0.25) is 9.78 Å². The van der Waals surface area contributed by atoms with Gasteiger partial charge in [-0.2, -0.15) is 0 Å². The monoisotopic (exact) mass is 263 g/mol. The maximum Gasteiger partial charge on any atom is 0.164 e. The number of hydrogen-bond acceptors (Lipinski definition) is 4. The van der Waals surface area contributed by atoms with E-state index in [1.165, 1.54) is 0 Å². The molecule has 1 fully saturated rings. The van der Waals surface area contributed by atoms with Gasteiger partial charge in [0, 0.05) is 24.8 Å². The standard InChI is InChI=1S/C15H21NO3/c1-11(2)19-14-8-12(9-16-10-14)15(17)6-5-13-4-3-7-18-13/h8-11,13H,3-7H2,1-2H3. The second-order valence-electron chi connectivity index (χ2n) is 5.17. The van der Waals surface area contributed by atoms with E-state index in [1.807, 2.05) is 13.8 Å². The molecule has 0 N–H and O–H groups in total. The molecule has 0 spiro atoms. The van der Waals surface area contributed by atoms with Crippen LogP contribution in [0.25, 0.3) is 0 Å². The third kappa shape index (κ3) is 4.31. The van der Waals surface area contributed by atoms with Crippen LogP contribution in [-0.4, -0.2) is 29.6 Å². The lowest BCUT2D eigenvalue weighted by atomic mass is 10.0. The molecule has 2 rings (SSSR count). The lowest BCUT2D eigenvalue weighted by Gasteiger charge is -2.11. The second kappa shape index (κ2) is 6.66. The number of ether oxygens (including phenoxy) is 2. The fourth-order valence-electron chi connectivity index (χ4n) is 2.22. The number of rotatable bonds is 6. The first kappa shape index (κ1) is 14.0. The van der Waals surface area contributed by atoms with Gasteiger partial charge in [0.25, 0.3) is 0 Å². The van der Waals surface area contributed by atoms with Crippen molar-refractivity contribution in [2.24, 2.45) is 0 Å². The highest BCUT2D eigenvalue weighted by Gasteiger charge is 2.17. The molecule has 4 nitrogen and oxygen atoms in total. The van der Waals surface area contributed by atoms with Crippen molar-refractivity contribution >= 4 is 5.78 Å². The predicted molar refractivity (Wildman–Crippen MR) is 72.5 cm³/mol.